The second-order valence-electron chi connectivity index (χ2n) is 9.87. The zero-order chi connectivity index (χ0) is 28.1. The number of hydrogen-bond donors (Lipinski definition) is 2. The normalized spacial score (nSPS) is 17.6. The van der Waals surface area contributed by atoms with Gasteiger partial charge in [0.2, 0.25) is 5.91 Å². The number of aromatic nitrogens is 1. The summed E-state index contributed by atoms with van der Waals surface area (Å²) in [5.41, 5.74) is 4.54. The van der Waals surface area contributed by atoms with Crippen molar-refractivity contribution in [1.82, 2.24) is 15.2 Å². The first-order valence-corrected chi connectivity index (χ1v) is 14.2. The van der Waals surface area contributed by atoms with Crippen LogP contribution in [0.3, 0.4) is 0 Å². The van der Waals surface area contributed by atoms with E-state index in [1.165, 1.54) is 4.90 Å². The van der Waals surface area contributed by atoms with E-state index in [0.717, 1.165) is 35.1 Å². The highest BCUT2D eigenvalue weighted by Gasteiger charge is 2.41. The Hall–Kier alpha value is -3.92. The molecule has 2 heterocycles. The maximum absolute atomic E-state index is 13.2. The summed E-state index contributed by atoms with van der Waals surface area (Å²) >= 11 is 3.29. The van der Waals surface area contributed by atoms with Crippen LogP contribution in [0.5, 0.6) is 0 Å². The number of halogens is 1. The molecule has 1 aromatic heterocycles. The van der Waals surface area contributed by atoms with Gasteiger partial charge >= 0.3 is 12.2 Å². The molecule has 1 aliphatic heterocycles. The summed E-state index contributed by atoms with van der Waals surface area (Å²) in [6.45, 7) is 2.56. The molecule has 3 aromatic rings. The fourth-order valence-electron chi connectivity index (χ4n) is 5.27. The number of benzene rings is 2. The summed E-state index contributed by atoms with van der Waals surface area (Å²) in [5.74, 6) is -0.121. The number of carbonyl (C=O) groups is 3. The molecule has 40 heavy (non-hydrogen) atoms. The number of unbranched alkanes of at least 4 members (excludes halogenated alkanes) is 1. The number of hydrogen-bond acceptors (Lipinski definition) is 6. The van der Waals surface area contributed by atoms with Crippen LogP contribution in [0.1, 0.15) is 43.2 Å². The van der Waals surface area contributed by atoms with Crippen LogP contribution >= 0.6 is 15.9 Å². The van der Waals surface area contributed by atoms with Crippen molar-refractivity contribution >= 4 is 39.8 Å². The summed E-state index contributed by atoms with van der Waals surface area (Å²) in [5, 5.41) is 5.61. The van der Waals surface area contributed by atoms with Crippen molar-refractivity contribution in [3.63, 3.8) is 0 Å². The highest BCUT2D eigenvalue weighted by Crippen LogP contribution is 2.44. The van der Waals surface area contributed by atoms with Gasteiger partial charge in [0.1, 0.15) is 23.1 Å². The zero-order valence-electron chi connectivity index (χ0n) is 22.1. The molecule has 1 aliphatic carbocycles. The highest BCUT2D eigenvalue weighted by molar-refractivity contribution is 9.10. The first kappa shape index (κ1) is 27.6. The molecule has 0 saturated carbocycles. The van der Waals surface area contributed by atoms with Crippen molar-refractivity contribution < 1.29 is 23.9 Å². The molecular weight excluding hydrogens is 576 g/mol. The van der Waals surface area contributed by atoms with Gasteiger partial charge in [-0.05, 0) is 63.2 Å². The fraction of sp³-hybridized carbons (Fsp3) is 0.333. The Balaban J connectivity index is 1.23. The van der Waals surface area contributed by atoms with E-state index in [1.807, 2.05) is 31.2 Å². The molecule has 10 heteroatoms. The number of amides is 3. The number of nitrogens with zero attached hydrogens (tertiary/aromatic N) is 2. The third-order valence-electron chi connectivity index (χ3n) is 7.19. The summed E-state index contributed by atoms with van der Waals surface area (Å²) in [4.78, 5) is 44.5. The van der Waals surface area contributed by atoms with Gasteiger partial charge in [0.15, 0.2) is 0 Å². The van der Waals surface area contributed by atoms with E-state index in [1.54, 1.807) is 18.2 Å². The Morgan fingerprint density at radius 2 is 1.68 bits per heavy atom. The number of alkyl carbamates (subject to hydrolysis) is 1. The van der Waals surface area contributed by atoms with Gasteiger partial charge in [-0.2, -0.15) is 0 Å². The Bertz CT molecular complexity index is 1350. The van der Waals surface area contributed by atoms with Gasteiger partial charge in [-0.25, -0.2) is 14.6 Å². The van der Waals surface area contributed by atoms with Crippen LogP contribution in [0.2, 0.25) is 0 Å². The molecule has 1 fully saturated rings. The van der Waals surface area contributed by atoms with Gasteiger partial charge in [0, 0.05) is 12.5 Å². The number of carbonyl (C=O) groups excluding carboxylic acids is 3. The number of fused-ring (bicyclic) bond motifs is 3. The summed E-state index contributed by atoms with van der Waals surface area (Å²) in [6, 6.07) is 20.1. The van der Waals surface area contributed by atoms with Gasteiger partial charge in [-0.1, -0.05) is 67.9 Å². The molecule has 2 aliphatic rings. The molecule has 2 atom stereocenters. The molecule has 2 N–H and O–H groups in total. The molecule has 0 spiro atoms. The third kappa shape index (κ3) is 6.12. The van der Waals surface area contributed by atoms with Crippen molar-refractivity contribution in [2.24, 2.45) is 0 Å². The average molecular weight is 608 g/mol. The smallest absolute Gasteiger partial charge is 0.410 e. The van der Waals surface area contributed by atoms with Gasteiger partial charge in [0.25, 0.3) is 0 Å². The number of ether oxygens (including phenoxy) is 2. The van der Waals surface area contributed by atoms with Gasteiger partial charge < -0.3 is 20.1 Å². The van der Waals surface area contributed by atoms with Crippen LogP contribution in [0.4, 0.5) is 15.4 Å². The molecular formula is C30H31BrN4O5. The van der Waals surface area contributed by atoms with Crippen LogP contribution < -0.4 is 10.6 Å². The van der Waals surface area contributed by atoms with E-state index in [9.17, 15) is 14.4 Å². The molecule has 0 bridgehead atoms. The second-order valence-corrected chi connectivity index (χ2v) is 10.7. The number of likely N-dealkylation sites (tertiary alicyclic amines) is 1. The monoisotopic (exact) mass is 606 g/mol. The SMILES string of the molecule is CCCCOC(=O)N1CC(NC(=O)OCC2c3ccccc3-c3ccccc32)CC1C(=O)Nc1cccc(Br)n1. The largest absolute Gasteiger partial charge is 0.449 e. The molecule has 9 nitrogen and oxygen atoms in total. The molecule has 1 saturated heterocycles. The van der Waals surface area contributed by atoms with Crippen LogP contribution in [-0.2, 0) is 14.3 Å². The third-order valence-corrected chi connectivity index (χ3v) is 7.64. The predicted octanol–water partition coefficient (Wildman–Crippen LogP) is 5.70. The molecule has 5 rings (SSSR count). The first-order chi connectivity index (χ1) is 19.4. The van der Waals surface area contributed by atoms with E-state index >= 15 is 0 Å². The van der Waals surface area contributed by atoms with Gasteiger partial charge in [-0.3, -0.25) is 9.69 Å². The zero-order valence-corrected chi connectivity index (χ0v) is 23.7. The van der Waals surface area contributed by atoms with E-state index < -0.39 is 30.2 Å². The lowest BCUT2D eigenvalue weighted by molar-refractivity contribution is -0.120. The minimum absolute atomic E-state index is 0.0667. The quantitative estimate of drug-likeness (QED) is 0.251. The van der Waals surface area contributed by atoms with Crippen molar-refractivity contribution in [2.75, 3.05) is 25.1 Å². The van der Waals surface area contributed by atoms with Crippen molar-refractivity contribution in [1.29, 1.82) is 0 Å². The maximum atomic E-state index is 13.2. The minimum atomic E-state index is -0.839. The Labute approximate surface area is 241 Å². The lowest BCUT2D eigenvalue weighted by Gasteiger charge is -2.23. The van der Waals surface area contributed by atoms with E-state index in [0.29, 0.717) is 10.4 Å². The van der Waals surface area contributed by atoms with E-state index in [2.05, 4.69) is 55.8 Å². The summed E-state index contributed by atoms with van der Waals surface area (Å²) in [7, 11) is 0. The van der Waals surface area contributed by atoms with Crippen LogP contribution in [0, 0.1) is 0 Å². The Kier molecular flexibility index (Phi) is 8.64. The topological polar surface area (TPSA) is 110 Å². The number of rotatable bonds is 8. The van der Waals surface area contributed by atoms with E-state index in [-0.39, 0.29) is 32.1 Å². The van der Waals surface area contributed by atoms with Gasteiger partial charge in [-0.15, -0.1) is 0 Å². The standard InChI is InChI=1S/C30H31BrN4O5/c1-2-3-15-39-30(38)35-17-19(16-25(35)28(36)34-27-14-8-13-26(31)33-27)32-29(37)40-18-24-22-11-6-4-9-20(22)21-10-5-7-12-23(21)24/h4-14,19,24-25H,2-3,15-18H2,1H3,(H,32,37)(H,33,34,36). The fourth-order valence-corrected chi connectivity index (χ4v) is 5.62. The Morgan fingerprint density at radius 3 is 2.35 bits per heavy atom. The van der Waals surface area contributed by atoms with E-state index in [4.69, 9.17) is 9.47 Å². The number of pyridine rings is 1. The summed E-state index contributed by atoms with van der Waals surface area (Å²) in [6.07, 6.45) is 0.623. The number of nitrogens with one attached hydrogen (secondary N) is 2. The first-order valence-electron chi connectivity index (χ1n) is 13.4. The predicted molar refractivity (Wildman–Crippen MR) is 154 cm³/mol. The highest BCUT2D eigenvalue weighted by atomic mass is 79.9. The summed E-state index contributed by atoms with van der Waals surface area (Å²) < 4.78 is 11.6. The van der Waals surface area contributed by atoms with Crippen LogP contribution in [-0.4, -0.2) is 59.8 Å². The van der Waals surface area contributed by atoms with Crippen molar-refractivity contribution in [2.45, 2.75) is 44.2 Å². The molecule has 208 valence electrons. The van der Waals surface area contributed by atoms with Crippen LogP contribution in [0.15, 0.2) is 71.3 Å². The van der Waals surface area contributed by atoms with Crippen LogP contribution in [0.25, 0.3) is 11.1 Å². The molecule has 3 amide bonds. The molecule has 0 radical (unpaired) electrons. The lowest BCUT2D eigenvalue weighted by atomic mass is 9.98. The second kappa shape index (κ2) is 12.5. The Morgan fingerprint density at radius 1 is 0.975 bits per heavy atom. The average Bonchev–Trinajstić information content (AvgIpc) is 3.51. The molecule has 2 unspecified atom stereocenters. The minimum Gasteiger partial charge on any atom is -0.449 e. The van der Waals surface area contributed by atoms with Gasteiger partial charge in [0.05, 0.1) is 12.6 Å². The lowest BCUT2D eigenvalue weighted by Crippen LogP contribution is -2.44. The van der Waals surface area contributed by atoms with Crippen molar-refractivity contribution in [3.8, 4) is 11.1 Å². The maximum Gasteiger partial charge on any atom is 0.410 e. The number of anilines is 1. The van der Waals surface area contributed by atoms with Crippen molar-refractivity contribution in [3.05, 3.63) is 82.5 Å². The molecule has 2 aromatic carbocycles.